The summed E-state index contributed by atoms with van der Waals surface area (Å²) in [4.78, 5) is 15.4. The van der Waals surface area contributed by atoms with Crippen LogP contribution in [0.15, 0.2) is 18.5 Å². The Labute approximate surface area is 232 Å². The average molecular weight is 583 g/mol. The lowest BCUT2D eigenvalue weighted by Crippen LogP contribution is -2.34. The fourth-order valence-electron chi connectivity index (χ4n) is 3.44. The van der Waals surface area contributed by atoms with Crippen molar-refractivity contribution in [1.82, 2.24) is 15.0 Å². The molecule has 0 bridgehead atoms. The van der Waals surface area contributed by atoms with Crippen molar-refractivity contribution in [3.63, 3.8) is 0 Å². The maximum Gasteiger partial charge on any atom is 0.264 e. The summed E-state index contributed by atoms with van der Waals surface area (Å²) in [6, 6.07) is 2.84. The zero-order valence-corrected chi connectivity index (χ0v) is 25.4. The predicted octanol–water partition coefficient (Wildman–Crippen LogP) is 2.97. The number of hydrogen-bond acceptors (Lipinski definition) is 12. The lowest BCUT2D eigenvalue weighted by atomic mass is 10.3. The standard InChI is InChI=1S/C25H42N6O6SSi/c1-19-23(31(17-26)18-34-10-11-39(3,4)5)29-25(28-14-20-6-7-20)30-24(19)36-16-21-12-22(15-27-13-21)35-8-9-37-38(2,32)33/h12-13,15,20H,6-11,14,16-18,26H2,1-5H3,(H,28,29,30). The summed E-state index contributed by atoms with van der Waals surface area (Å²) in [5.41, 5.74) is 7.61. The van der Waals surface area contributed by atoms with Gasteiger partial charge in [0.15, 0.2) is 0 Å². The van der Waals surface area contributed by atoms with E-state index in [1.165, 1.54) is 12.8 Å². The highest BCUT2D eigenvalue weighted by Gasteiger charge is 2.23. The van der Waals surface area contributed by atoms with Crippen LogP contribution in [0.4, 0.5) is 11.8 Å². The molecule has 0 spiro atoms. The van der Waals surface area contributed by atoms with Gasteiger partial charge in [-0.1, -0.05) is 19.6 Å². The second kappa shape index (κ2) is 14.2. The molecule has 0 aromatic carbocycles. The number of nitrogens with one attached hydrogen (secondary N) is 1. The highest BCUT2D eigenvalue weighted by atomic mass is 32.2. The van der Waals surface area contributed by atoms with Crippen LogP contribution < -0.4 is 25.4 Å². The van der Waals surface area contributed by atoms with Crippen LogP contribution in [0.25, 0.3) is 0 Å². The molecule has 1 fully saturated rings. The van der Waals surface area contributed by atoms with Crippen LogP contribution in [-0.2, 0) is 25.6 Å². The predicted molar refractivity (Wildman–Crippen MR) is 153 cm³/mol. The number of anilines is 2. The number of nitrogens with zero attached hydrogens (tertiary/aromatic N) is 4. The third-order valence-corrected chi connectivity index (χ3v) is 8.18. The van der Waals surface area contributed by atoms with E-state index in [0.717, 1.165) is 30.0 Å². The molecular formula is C25H42N6O6SSi. The maximum atomic E-state index is 11.1. The van der Waals surface area contributed by atoms with Crippen molar-refractivity contribution >= 4 is 30.0 Å². The van der Waals surface area contributed by atoms with Gasteiger partial charge in [0.1, 0.15) is 38.1 Å². The molecule has 1 saturated carbocycles. The summed E-state index contributed by atoms with van der Waals surface area (Å²) in [6.07, 6.45) is 6.62. The molecule has 39 heavy (non-hydrogen) atoms. The van der Waals surface area contributed by atoms with Gasteiger partial charge in [-0.2, -0.15) is 18.4 Å². The van der Waals surface area contributed by atoms with Gasteiger partial charge in [0, 0.05) is 33.0 Å². The fourth-order valence-corrected chi connectivity index (χ4v) is 4.57. The van der Waals surface area contributed by atoms with E-state index in [4.69, 9.17) is 29.1 Å². The quantitative estimate of drug-likeness (QED) is 0.115. The van der Waals surface area contributed by atoms with E-state index in [9.17, 15) is 8.42 Å². The molecule has 0 atom stereocenters. The van der Waals surface area contributed by atoms with E-state index in [2.05, 4.69) is 34.9 Å². The van der Waals surface area contributed by atoms with E-state index >= 15 is 0 Å². The molecule has 0 aliphatic heterocycles. The number of aromatic nitrogens is 3. The van der Waals surface area contributed by atoms with Gasteiger partial charge in [0.05, 0.1) is 24.7 Å². The van der Waals surface area contributed by atoms with Crippen molar-refractivity contribution in [2.24, 2.45) is 11.7 Å². The third kappa shape index (κ3) is 11.6. The normalized spacial score (nSPS) is 13.8. The molecule has 1 aliphatic rings. The van der Waals surface area contributed by atoms with Crippen molar-refractivity contribution < 1.29 is 26.8 Å². The largest absolute Gasteiger partial charge is 0.490 e. The van der Waals surface area contributed by atoms with Gasteiger partial charge in [-0.15, -0.1) is 0 Å². The minimum Gasteiger partial charge on any atom is -0.490 e. The maximum absolute atomic E-state index is 11.1. The highest BCUT2D eigenvalue weighted by Crippen LogP contribution is 2.31. The number of hydrogen-bond donors (Lipinski definition) is 2. The number of pyridine rings is 1. The zero-order chi connectivity index (χ0) is 28.5. The lowest BCUT2D eigenvalue weighted by molar-refractivity contribution is 0.146. The van der Waals surface area contributed by atoms with Gasteiger partial charge in [-0.05, 0) is 37.8 Å². The molecule has 1 aliphatic carbocycles. The fraction of sp³-hybridized carbons (Fsp3) is 0.640. The Morgan fingerprint density at radius 2 is 1.90 bits per heavy atom. The van der Waals surface area contributed by atoms with E-state index in [1.54, 1.807) is 18.5 Å². The van der Waals surface area contributed by atoms with Crippen LogP contribution in [0.2, 0.25) is 25.7 Å². The Hall–Kier alpha value is -2.52. The number of ether oxygens (including phenoxy) is 3. The first-order chi connectivity index (χ1) is 18.4. The van der Waals surface area contributed by atoms with Crippen molar-refractivity contribution in [1.29, 1.82) is 0 Å². The first-order valence-corrected chi connectivity index (χ1v) is 18.6. The molecule has 218 valence electrons. The van der Waals surface area contributed by atoms with Crippen molar-refractivity contribution in [2.45, 2.75) is 52.1 Å². The second-order valence-electron chi connectivity index (χ2n) is 10.9. The summed E-state index contributed by atoms with van der Waals surface area (Å²) in [5.74, 6) is 2.71. The van der Waals surface area contributed by atoms with Gasteiger partial charge in [0.25, 0.3) is 10.1 Å². The molecule has 12 nitrogen and oxygen atoms in total. The van der Waals surface area contributed by atoms with Crippen LogP contribution in [0.3, 0.4) is 0 Å². The third-order valence-electron chi connectivity index (χ3n) is 5.88. The monoisotopic (exact) mass is 582 g/mol. The molecule has 2 aromatic rings. The topological polar surface area (TPSA) is 151 Å². The van der Waals surface area contributed by atoms with Crippen molar-refractivity contribution in [3.05, 3.63) is 29.6 Å². The first-order valence-electron chi connectivity index (χ1n) is 13.1. The molecule has 14 heteroatoms. The summed E-state index contributed by atoms with van der Waals surface area (Å²) in [5, 5.41) is 3.34. The van der Waals surface area contributed by atoms with Crippen LogP contribution >= 0.6 is 0 Å². The van der Waals surface area contributed by atoms with Gasteiger partial charge in [-0.25, -0.2) is 0 Å². The summed E-state index contributed by atoms with van der Waals surface area (Å²) < 4.78 is 44.5. The molecule has 2 aromatic heterocycles. The first kappa shape index (κ1) is 31.0. The Balaban J connectivity index is 1.68. The Morgan fingerprint density at radius 1 is 1.13 bits per heavy atom. The summed E-state index contributed by atoms with van der Waals surface area (Å²) >= 11 is 0. The van der Waals surface area contributed by atoms with E-state index in [-0.39, 0.29) is 26.5 Å². The SMILES string of the molecule is Cc1c(OCc2cncc(OCCOS(C)(=O)=O)c2)nc(NCC2CC2)nc1N(CN)COCC[Si](C)(C)C. The number of nitrogens with two attached hydrogens (primary N) is 1. The van der Waals surface area contributed by atoms with Crippen LogP contribution in [0.1, 0.15) is 24.0 Å². The molecule has 0 unspecified atom stereocenters. The smallest absolute Gasteiger partial charge is 0.264 e. The molecule has 2 heterocycles. The zero-order valence-electron chi connectivity index (χ0n) is 23.6. The Morgan fingerprint density at radius 3 is 2.56 bits per heavy atom. The molecular weight excluding hydrogens is 540 g/mol. The van der Waals surface area contributed by atoms with Gasteiger partial charge >= 0.3 is 0 Å². The lowest BCUT2D eigenvalue weighted by Gasteiger charge is -2.25. The Bertz CT molecular complexity index is 1180. The van der Waals surface area contributed by atoms with Crippen LogP contribution in [0, 0.1) is 12.8 Å². The number of rotatable bonds is 18. The van der Waals surface area contributed by atoms with E-state index < -0.39 is 18.2 Å². The minimum absolute atomic E-state index is 0.0679. The molecule has 0 saturated heterocycles. The van der Waals surface area contributed by atoms with Gasteiger partial charge < -0.3 is 30.2 Å². The average Bonchev–Trinajstić information content (AvgIpc) is 3.69. The highest BCUT2D eigenvalue weighted by molar-refractivity contribution is 7.85. The molecule has 0 amide bonds. The van der Waals surface area contributed by atoms with Crippen molar-refractivity contribution in [3.8, 4) is 11.6 Å². The summed E-state index contributed by atoms with van der Waals surface area (Å²) in [6.45, 7) is 11.1. The summed E-state index contributed by atoms with van der Waals surface area (Å²) in [7, 11) is -4.72. The van der Waals surface area contributed by atoms with Crippen LogP contribution in [-0.4, -0.2) is 77.5 Å². The second-order valence-corrected chi connectivity index (χ2v) is 18.2. The molecule has 3 N–H and O–H groups in total. The van der Waals surface area contributed by atoms with Crippen LogP contribution in [0.5, 0.6) is 11.6 Å². The van der Waals surface area contributed by atoms with E-state index in [0.29, 0.717) is 42.7 Å². The minimum atomic E-state index is -3.51. The molecule has 3 rings (SSSR count). The van der Waals surface area contributed by atoms with Crippen molar-refractivity contribution in [2.75, 3.05) is 56.2 Å². The van der Waals surface area contributed by atoms with Gasteiger partial charge in [0.2, 0.25) is 11.8 Å². The van der Waals surface area contributed by atoms with Gasteiger partial charge in [-0.3, -0.25) is 9.17 Å². The Kier molecular flexibility index (Phi) is 11.3. The molecule has 0 radical (unpaired) electrons. The van der Waals surface area contributed by atoms with E-state index in [1.807, 2.05) is 11.8 Å².